The van der Waals surface area contributed by atoms with Crippen molar-refractivity contribution in [1.82, 2.24) is 5.32 Å². The number of nitrogens with one attached hydrogen (secondary N) is 1. The van der Waals surface area contributed by atoms with Crippen molar-refractivity contribution in [3.8, 4) is 17.2 Å². The predicted octanol–water partition coefficient (Wildman–Crippen LogP) is 3.24. The molecule has 4 nitrogen and oxygen atoms in total. The van der Waals surface area contributed by atoms with Crippen molar-refractivity contribution in [2.75, 3.05) is 27.9 Å². The van der Waals surface area contributed by atoms with Crippen LogP contribution in [-0.2, 0) is 6.54 Å². The van der Waals surface area contributed by atoms with Gasteiger partial charge in [-0.25, -0.2) is 0 Å². The van der Waals surface area contributed by atoms with Gasteiger partial charge in [-0.3, -0.25) is 0 Å². The molecule has 0 aliphatic heterocycles. The van der Waals surface area contributed by atoms with Crippen molar-refractivity contribution in [1.29, 1.82) is 0 Å². The molecule has 4 heteroatoms. The van der Waals surface area contributed by atoms with Gasteiger partial charge in [0.15, 0.2) is 0 Å². The van der Waals surface area contributed by atoms with Crippen LogP contribution in [-0.4, -0.2) is 27.9 Å². The lowest BCUT2D eigenvalue weighted by atomic mass is 9.92. The lowest BCUT2D eigenvalue weighted by molar-refractivity contribution is 0.331. The maximum Gasteiger partial charge on any atom is 0.130 e. The zero-order chi connectivity index (χ0) is 15.5. The lowest BCUT2D eigenvalue weighted by Gasteiger charge is -2.21. The number of hydrogen-bond donors (Lipinski definition) is 1. The molecule has 1 fully saturated rings. The molecule has 118 valence electrons. The lowest BCUT2D eigenvalue weighted by Crippen LogP contribution is -2.27. The fraction of sp³-hybridized carbons (Fsp3) is 0.647. The topological polar surface area (TPSA) is 39.7 Å². The first-order valence-corrected chi connectivity index (χ1v) is 7.56. The van der Waals surface area contributed by atoms with E-state index in [0.29, 0.717) is 5.41 Å². The Labute approximate surface area is 127 Å². The van der Waals surface area contributed by atoms with Gasteiger partial charge < -0.3 is 19.5 Å². The summed E-state index contributed by atoms with van der Waals surface area (Å²) >= 11 is 0. The number of benzene rings is 1. The van der Waals surface area contributed by atoms with Crippen LogP contribution >= 0.6 is 0 Å². The first kappa shape index (κ1) is 16.0. The van der Waals surface area contributed by atoms with Gasteiger partial charge in [-0.05, 0) is 24.2 Å². The van der Waals surface area contributed by atoms with Gasteiger partial charge in [0.25, 0.3) is 0 Å². The summed E-state index contributed by atoms with van der Waals surface area (Å²) in [5.74, 6) is 3.07. The van der Waals surface area contributed by atoms with E-state index in [0.717, 1.165) is 41.8 Å². The first-order valence-electron chi connectivity index (χ1n) is 7.56. The van der Waals surface area contributed by atoms with E-state index in [1.165, 1.54) is 12.8 Å². The predicted molar refractivity (Wildman–Crippen MR) is 84.3 cm³/mol. The van der Waals surface area contributed by atoms with Gasteiger partial charge in [0.1, 0.15) is 17.2 Å². The Bertz CT molecular complexity index is 456. The standard InChI is InChI=1S/C17H27NO3/c1-12(2)17(6-7-17)11-18-10-14-15(20-4)8-13(19-3)9-16(14)21-5/h8-9,12,18H,6-7,10-11H2,1-5H3. The van der Waals surface area contributed by atoms with E-state index >= 15 is 0 Å². The van der Waals surface area contributed by atoms with Crippen molar-refractivity contribution in [3.63, 3.8) is 0 Å². The summed E-state index contributed by atoms with van der Waals surface area (Å²) in [5, 5.41) is 3.57. The Morgan fingerprint density at radius 3 is 2.00 bits per heavy atom. The quantitative estimate of drug-likeness (QED) is 0.799. The van der Waals surface area contributed by atoms with E-state index in [9.17, 15) is 0 Å². The highest BCUT2D eigenvalue weighted by Crippen LogP contribution is 2.51. The van der Waals surface area contributed by atoms with Gasteiger partial charge >= 0.3 is 0 Å². The second-order valence-electron chi connectivity index (χ2n) is 6.13. The summed E-state index contributed by atoms with van der Waals surface area (Å²) in [6, 6.07) is 3.80. The third-order valence-electron chi connectivity index (χ3n) is 4.71. The van der Waals surface area contributed by atoms with E-state index < -0.39 is 0 Å². The van der Waals surface area contributed by atoms with Gasteiger partial charge in [0.2, 0.25) is 0 Å². The van der Waals surface area contributed by atoms with E-state index in [1.54, 1.807) is 21.3 Å². The molecule has 1 N–H and O–H groups in total. The van der Waals surface area contributed by atoms with Gasteiger partial charge in [0.05, 0.1) is 26.9 Å². The van der Waals surface area contributed by atoms with Crippen LogP contribution in [0.2, 0.25) is 0 Å². The molecule has 1 aromatic carbocycles. The molecule has 0 saturated heterocycles. The summed E-state index contributed by atoms with van der Waals surface area (Å²) in [5.41, 5.74) is 1.53. The van der Waals surface area contributed by atoms with Crippen molar-refractivity contribution < 1.29 is 14.2 Å². The first-order chi connectivity index (χ1) is 10.1. The van der Waals surface area contributed by atoms with Crippen LogP contribution in [0.3, 0.4) is 0 Å². The van der Waals surface area contributed by atoms with Crippen LogP contribution < -0.4 is 19.5 Å². The third-order valence-corrected chi connectivity index (χ3v) is 4.71. The average molecular weight is 293 g/mol. The fourth-order valence-corrected chi connectivity index (χ4v) is 2.81. The van der Waals surface area contributed by atoms with Crippen molar-refractivity contribution in [3.05, 3.63) is 17.7 Å². The smallest absolute Gasteiger partial charge is 0.130 e. The Morgan fingerprint density at radius 2 is 1.62 bits per heavy atom. The summed E-state index contributed by atoms with van der Waals surface area (Å²) in [6.07, 6.45) is 2.66. The van der Waals surface area contributed by atoms with Crippen LogP contribution in [0, 0.1) is 11.3 Å². The highest BCUT2D eigenvalue weighted by Gasteiger charge is 2.44. The Hall–Kier alpha value is -1.42. The zero-order valence-corrected chi connectivity index (χ0v) is 13.8. The van der Waals surface area contributed by atoms with Gasteiger partial charge in [-0.1, -0.05) is 13.8 Å². The largest absolute Gasteiger partial charge is 0.496 e. The number of methoxy groups -OCH3 is 3. The van der Waals surface area contributed by atoms with Crippen molar-refractivity contribution >= 4 is 0 Å². The fourth-order valence-electron chi connectivity index (χ4n) is 2.81. The molecule has 1 aliphatic rings. The second-order valence-corrected chi connectivity index (χ2v) is 6.13. The van der Waals surface area contributed by atoms with Gasteiger partial charge in [0, 0.05) is 25.2 Å². The number of rotatable bonds is 8. The Kier molecular flexibility index (Phi) is 4.99. The van der Waals surface area contributed by atoms with E-state index in [2.05, 4.69) is 19.2 Å². The molecular weight excluding hydrogens is 266 g/mol. The molecule has 1 saturated carbocycles. The molecule has 1 aromatic rings. The van der Waals surface area contributed by atoms with Crippen LogP contribution in [0.25, 0.3) is 0 Å². The van der Waals surface area contributed by atoms with Crippen LogP contribution in [0.4, 0.5) is 0 Å². The molecule has 0 spiro atoms. The van der Waals surface area contributed by atoms with Crippen molar-refractivity contribution in [2.45, 2.75) is 33.2 Å². The molecule has 0 atom stereocenters. The van der Waals surface area contributed by atoms with Crippen LogP contribution in [0.5, 0.6) is 17.2 Å². The zero-order valence-electron chi connectivity index (χ0n) is 13.8. The molecule has 0 aromatic heterocycles. The van der Waals surface area contributed by atoms with Gasteiger partial charge in [-0.2, -0.15) is 0 Å². The minimum atomic E-state index is 0.493. The number of hydrogen-bond acceptors (Lipinski definition) is 4. The summed E-state index contributed by atoms with van der Waals surface area (Å²) in [6.45, 7) is 6.40. The molecule has 0 bridgehead atoms. The molecule has 0 amide bonds. The highest BCUT2D eigenvalue weighted by molar-refractivity contribution is 5.50. The second kappa shape index (κ2) is 6.56. The monoisotopic (exact) mass is 293 g/mol. The third kappa shape index (κ3) is 3.43. The van der Waals surface area contributed by atoms with Crippen LogP contribution in [0.15, 0.2) is 12.1 Å². The normalized spacial score (nSPS) is 15.9. The van der Waals surface area contributed by atoms with Gasteiger partial charge in [-0.15, -0.1) is 0 Å². The number of ether oxygens (including phenoxy) is 3. The van der Waals surface area contributed by atoms with E-state index in [4.69, 9.17) is 14.2 Å². The Morgan fingerprint density at radius 1 is 1.05 bits per heavy atom. The highest BCUT2D eigenvalue weighted by atomic mass is 16.5. The molecule has 0 unspecified atom stereocenters. The molecule has 1 aliphatic carbocycles. The average Bonchev–Trinajstić information content (AvgIpc) is 3.28. The summed E-state index contributed by atoms with van der Waals surface area (Å²) in [4.78, 5) is 0. The molecule has 2 rings (SSSR count). The maximum absolute atomic E-state index is 5.48. The van der Waals surface area contributed by atoms with Crippen molar-refractivity contribution in [2.24, 2.45) is 11.3 Å². The van der Waals surface area contributed by atoms with Crippen LogP contribution in [0.1, 0.15) is 32.3 Å². The van der Waals surface area contributed by atoms with E-state index in [-0.39, 0.29) is 0 Å². The molecule has 21 heavy (non-hydrogen) atoms. The minimum Gasteiger partial charge on any atom is -0.496 e. The Balaban J connectivity index is 2.08. The maximum atomic E-state index is 5.48. The SMILES string of the molecule is COc1cc(OC)c(CNCC2(C(C)C)CC2)c(OC)c1. The minimum absolute atomic E-state index is 0.493. The summed E-state index contributed by atoms with van der Waals surface area (Å²) < 4.78 is 16.2. The summed E-state index contributed by atoms with van der Waals surface area (Å²) in [7, 11) is 4.99. The van der Waals surface area contributed by atoms with E-state index in [1.807, 2.05) is 12.1 Å². The molecular formula is C17H27NO3. The molecule has 0 radical (unpaired) electrons. The molecule has 0 heterocycles.